The lowest BCUT2D eigenvalue weighted by Gasteiger charge is -2.49. The number of benzene rings is 3. The number of nitrogens with one attached hydrogen (secondary N) is 1. The molecule has 0 unspecified atom stereocenters. The van der Waals surface area contributed by atoms with Crippen LogP contribution in [0.3, 0.4) is 0 Å². The van der Waals surface area contributed by atoms with Crippen molar-refractivity contribution in [3.05, 3.63) is 70.8 Å². The number of carbonyl (C=O) groups excluding carboxylic acids is 2. The van der Waals surface area contributed by atoms with E-state index in [0.717, 1.165) is 96.3 Å². The van der Waals surface area contributed by atoms with Crippen LogP contribution in [0.2, 0.25) is 0 Å². The molecule has 1 saturated carbocycles. The normalized spacial score (nSPS) is 21.6. The predicted molar refractivity (Wildman–Crippen MR) is 158 cm³/mol. The number of piperidine rings is 1. The Kier molecular flexibility index (Phi) is 5.78. The molecule has 0 aromatic heterocycles. The molecule has 3 aliphatic heterocycles. The second-order valence-electron chi connectivity index (χ2n) is 12.5. The van der Waals surface area contributed by atoms with Gasteiger partial charge in [-0.2, -0.15) is 0 Å². The van der Waals surface area contributed by atoms with Crippen molar-refractivity contribution in [2.75, 3.05) is 42.5 Å². The van der Waals surface area contributed by atoms with Gasteiger partial charge < -0.3 is 20.2 Å². The van der Waals surface area contributed by atoms with Crippen LogP contribution in [0.4, 0.5) is 11.4 Å². The summed E-state index contributed by atoms with van der Waals surface area (Å²) in [7, 11) is 0. The van der Waals surface area contributed by atoms with Crippen LogP contribution in [0.25, 0.3) is 10.8 Å². The summed E-state index contributed by atoms with van der Waals surface area (Å²) in [4.78, 5) is 33.4. The molecule has 0 bridgehead atoms. The second-order valence-corrected chi connectivity index (χ2v) is 12.5. The maximum Gasteiger partial charge on any atom is 0.258 e. The Labute approximate surface area is 235 Å². The molecule has 7 nitrogen and oxygen atoms in total. The fourth-order valence-electron chi connectivity index (χ4n) is 6.97. The van der Waals surface area contributed by atoms with E-state index in [1.807, 2.05) is 43.9 Å². The summed E-state index contributed by atoms with van der Waals surface area (Å²) in [5.74, 6) is 0.0173. The number of aryl methyl sites for hydroxylation is 1. The molecule has 3 heterocycles. The zero-order valence-electron chi connectivity index (χ0n) is 23.7. The molecule has 3 aromatic rings. The lowest BCUT2D eigenvalue weighted by Crippen LogP contribution is -2.62. The van der Waals surface area contributed by atoms with Crippen LogP contribution in [-0.4, -0.2) is 66.2 Å². The molecule has 7 heteroatoms. The van der Waals surface area contributed by atoms with Crippen molar-refractivity contribution >= 4 is 34.0 Å². The van der Waals surface area contributed by atoms with Gasteiger partial charge in [-0.25, -0.2) is 0 Å². The molecule has 4 aliphatic rings. The number of likely N-dealkylation sites (tertiary alicyclic amines) is 1. The Bertz CT molecular complexity index is 1530. The van der Waals surface area contributed by atoms with Crippen LogP contribution >= 0.6 is 0 Å². The van der Waals surface area contributed by atoms with Crippen LogP contribution in [0.15, 0.2) is 48.5 Å². The first-order chi connectivity index (χ1) is 19.2. The van der Waals surface area contributed by atoms with Crippen molar-refractivity contribution in [2.24, 2.45) is 0 Å². The van der Waals surface area contributed by atoms with Gasteiger partial charge in [0.05, 0.1) is 16.8 Å². The van der Waals surface area contributed by atoms with Gasteiger partial charge >= 0.3 is 0 Å². The van der Waals surface area contributed by atoms with Crippen molar-refractivity contribution in [2.45, 2.75) is 63.6 Å². The minimum Gasteiger partial charge on any atom is -0.390 e. The average molecular weight is 539 g/mol. The Hall–Kier alpha value is -3.42. The minimum atomic E-state index is -0.530. The van der Waals surface area contributed by atoms with Gasteiger partial charge in [-0.1, -0.05) is 24.3 Å². The molecule has 208 valence electrons. The molecule has 3 fully saturated rings. The van der Waals surface area contributed by atoms with Crippen molar-refractivity contribution in [3.8, 4) is 0 Å². The molecule has 0 atom stereocenters. The third-order valence-corrected chi connectivity index (χ3v) is 9.80. The first-order valence-corrected chi connectivity index (χ1v) is 14.7. The van der Waals surface area contributed by atoms with Crippen molar-refractivity contribution < 1.29 is 14.7 Å². The van der Waals surface area contributed by atoms with Gasteiger partial charge in [-0.3, -0.25) is 14.5 Å². The molecule has 7 rings (SSSR count). The molecular formula is C33H38N4O3. The number of carbonyl (C=O) groups is 2. The Morgan fingerprint density at radius 1 is 1.05 bits per heavy atom. The van der Waals surface area contributed by atoms with Crippen LogP contribution in [-0.2, 0) is 5.54 Å². The van der Waals surface area contributed by atoms with Gasteiger partial charge in [0.15, 0.2) is 0 Å². The van der Waals surface area contributed by atoms with Gasteiger partial charge in [-0.05, 0) is 87.2 Å². The number of rotatable bonds is 6. The number of aliphatic hydroxyl groups is 1. The molecule has 0 spiro atoms. The van der Waals surface area contributed by atoms with E-state index in [4.69, 9.17) is 0 Å². The SMILES string of the molecule is CCN1C(=O)c2cccc3c(C4(NC(=O)c5cc(N6CC(N7CCC(C)(O)CC7)C6)ccc5C)CC4)ccc1c23. The maximum absolute atomic E-state index is 13.8. The summed E-state index contributed by atoms with van der Waals surface area (Å²) in [6, 6.07) is 16.8. The highest BCUT2D eigenvalue weighted by atomic mass is 16.3. The van der Waals surface area contributed by atoms with E-state index in [-0.39, 0.29) is 11.8 Å². The van der Waals surface area contributed by atoms with Crippen molar-refractivity contribution in [1.29, 1.82) is 0 Å². The van der Waals surface area contributed by atoms with Gasteiger partial charge in [-0.15, -0.1) is 0 Å². The third-order valence-electron chi connectivity index (χ3n) is 9.80. The highest BCUT2D eigenvalue weighted by Crippen LogP contribution is 2.51. The average Bonchev–Trinajstić information content (AvgIpc) is 3.63. The Morgan fingerprint density at radius 2 is 1.80 bits per heavy atom. The summed E-state index contributed by atoms with van der Waals surface area (Å²) >= 11 is 0. The van der Waals surface area contributed by atoms with E-state index >= 15 is 0 Å². The van der Waals surface area contributed by atoms with Crippen molar-refractivity contribution in [1.82, 2.24) is 10.2 Å². The number of nitrogens with zero attached hydrogens (tertiary/aromatic N) is 3. The Balaban J connectivity index is 1.10. The summed E-state index contributed by atoms with van der Waals surface area (Å²) in [6.45, 7) is 10.4. The first-order valence-electron chi connectivity index (χ1n) is 14.7. The number of anilines is 2. The zero-order chi connectivity index (χ0) is 27.8. The van der Waals surface area contributed by atoms with Crippen molar-refractivity contribution in [3.63, 3.8) is 0 Å². The molecule has 3 aromatic carbocycles. The van der Waals surface area contributed by atoms with Gasteiger partial charge in [0, 0.05) is 61.0 Å². The molecule has 2 saturated heterocycles. The second kappa shape index (κ2) is 9.05. The maximum atomic E-state index is 13.8. The minimum absolute atomic E-state index is 0.0401. The molecule has 2 amide bonds. The van der Waals surface area contributed by atoms with E-state index in [2.05, 4.69) is 45.4 Å². The number of amides is 2. The number of hydrogen-bond acceptors (Lipinski definition) is 5. The monoisotopic (exact) mass is 538 g/mol. The lowest BCUT2D eigenvalue weighted by molar-refractivity contribution is -0.0197. The van der Waals surface area contributed by atoms with Gasteiger partial charge in [0.1, 0.15) is 0 Å². The topological polar surface area (TPSA) is 76.1 Å². The number of hydrogen-bond donors (Lipinski definition) is 2. The van der Waals surface area contributed by atoms with E-state index in [1.54, 1.807) is 0 Å². The van der Waals surface area contributed by atoms with Crippen LogP contribution in [0, 0.1) is 6.92 Å². The molecular weight excluding hydrogens is 500 g/mol. The zero-order valence-corrected chi connectivity index (χ0v) is 23.7. The van der Waals surface area contributed by atoms with Gasteiger partial charge in [0.2, 0.25) is 0 Å². The fraction of sp³-hybridized carbons (Fsp3) is 0.455. The largest absolute Gasteiger partial charge is 0.390 e. The smallest absolute Gasteiger partial charge is 0.258 e. The van der Waals surface area contributed by atoms with Gasteiger partial charge in [0.25, 0.3) is 11.8 Å². The van der Waals surface area contributed by atoms with E-state index in [0.29, 0.717) is 12.6 Å². The highest BCUT2D eigenvalue weighted by Gasteiger charge is 2.48. The molecule has 1 aliphatic carbocycles. The summed E-state index contributed by atoms with van der Waals surface area (Å²) < 4.78 is 0. The predicted octanol–water partition coefficient (Wildman–Crippen LogP) is 4.58. The summed E-state index contributed by atoms with van der Waals surface area (Å²) in [5, 5.41) is 15.8. The van der Waals surface area contributed by atoms with E-state index in [9.17, 15) is 14.7 Å². The third kappa shape index (κ3) is 4.01. The van der Waals surface area contributed by atoms with Crippen LogP contribution in [0.5, 0.6) is 0 Å². The van der Waals surface area contributed by atoms with Crippen LogP contribution < -0.4 is 15.1 Å². The lowest BCUT2D eigenvalue weighted by atomic mass is 9.91. The van der Waals surface area contributed by atoms with E-state index in [1.165, 1.54) is 0 Å². The molecule has 2 N–H and O–H groups in total. The first kappa shape index (κ1) is 25.5. The van der Waals surface area contributed by atoms with Crippen LogP contribution in [0.1, 0.15) is 71.4 Å². The molecule has 0 radical (unpaired) electrons. The summed E-state index contributed by atoms with van der Waals surface area (Å²) in [5.41, 5.74) is 4.67. The standard InChI is InChI=1S/C33H38N4O3/c1-4-37-28-11-10-27(24-6-5-7-25(29(24)28)31(37)39)33(12-13-33)34-30(38)26-18-22(9-8-21(26)2)36-19-23(20-36)35-16-14-32(3,40)15-17-35/h5-11,18,23,40H,4,12-17,19-20H2,1-3H3,(H,34,38). The Morgan fingerprint density at radius 3 is 2.50 bits per heavy atom. The highest BCUT2D eigenvalue weighted by molar-refractivity contribution is 6.25. The summed E-state index contributed by atoms with van der Waals surface area (Å²) in [6.07, 6.45) is 3.43. The quantitative estimate of drug-likeness (QED) is 0.481. The molecule has 40 heavy (non-hydrogen) atoms. The fourth-order valence-corrected chi connectivity index (χ4v) is 6.97. The van der Waals surface area contributed by atoms with E-state index < -0.39 is 11.1 Å².